The van der Waals surface area contributed by atoms with Gasteiger partial charge >= 0.3 is 5.97 Å². The number of furan rings is 1. The molecule has 0 saturated carbocycles. The molecule has 1 rings (SSSR count). The Kier molecular flexibility index (Phi) is 3.88. The van der Waals surface area contributed by atoms with Crippen LogP contribution in [-0.4, -0.2) is 17.1 Å². The third-order valence-electron chi connectivity index (χ3n) is 1.55. The fourth-order valence-electron chi connectivity index (χ4n) is 0.934. The fraction of sp³-hybridized carbons (Fsp3) is 0.333. The lowest BCUT2D eigenvalue weighted by Crippen LogP contribution is -2.05. The molecule has 1 aromatic rings. The number of halogens is 1. The van der Waals surface area contributed by atoms with E-state index >= 15 is 0 Å². The fourth-order valence-corrected chi connectivity index (χ4v) is 1.19. The standard InChI is InChI=1S/C9H9BrO4/c1-6(11)14-5-7-2-3-13-9(7)8(12)4-10/h2-3H,4-5H2,1H3. The lowest BCUT2D eigenvalue weighted by Gasteiger charge is -2.00. The van der Waals surface area contributed by atoms with Gasteiger partial charge in [-0.2, -0.15) is 0 Å². The number of esters is 1. The van der Waals surface area contributed by atoms with E-state index in [1.165, 1.54) is 13.2 Å². The number of hydrogen-bond donors (Lipinski definition) is 0. The van der Waals surface area contributed by atoms with Crippen LogP contribution in [0.25, 0.3) is 0 Å². The third-order valence-corrected chi connectivity index (χ3v) is 2.06. The van der Waals surface area contributed by atoms with Gasteiger partial charge in [0.2, 0.25) is 5.78 Å². The van der Waals surface area contributed by atoms with E-state index in [-0.39, 0.29) is 29.4 Å². The molecule has 4 nitrogen and oxygen atoms in total. The van der Waals surface area contributed by atoms with Crippen molar-refractivity contribution >= 4 is 27.7 Å². The molecule has 0 bridgehead atoms. The minimum Gasteiger partial charge on any atom is -0.461 e. The zero-order valence-electron chi connectivity index (χ0n) is 7.58. The largest absolute Gasteiger partial charge is 0.461 e. The lowest BCUT2D eigenvalue weighted by atomic mass is 10.2. The van der Waals surface area contributed by atoms with E-state index in [0.717, 1.165) is 0 Å². The van der Waals surface area contributed by atoms with Gasteiger partial charge in [0.25, 0.3) is 0 Å². The Balaban J connectivity index is 2.72. The molecule has 0 unspecified atom stereocenters. The highest BCUT2D eigenvalue weighted by Crippen LogP contribution is 2.13. The molecule has 76 valence electrons. The molecule has 5 heteroatoms. The van der Waals surface area contributed by atoms with Crippen molar-refractivity contribution in [1.82, 2.24) is 0 Å². The molecule has 0 saturated heterocycles. The van der Waals surface area contributed by atoms with Crippen molar-refractivity contribution in [2.45, 2.75) is 13.5 Å². The van der Waals surface area contributed by atoms with E-state index in [4.69, 9.17) is 9.15 Å². The van der Waals surface area contributed by atoms with Crippen LogP contribution in [0.15, 0.2) is 16.7 Å². The summed E-state index contributed by atoms with van der Waals surface area (Å²) in [5, 5.41) is 0.188. The summed E-state index contributed by atoms with van der Waals surface area (Å²) in [7, 11) is 0. The maximum Gasteiger partial charge on any atom is 0.302 e. The van der Waals surface area contributed by atoms with Crippen molar-refractivity contribution in [3.05, 3.63) is 23.7 Å². The molecule has 0 fully saturated rings. The maximum absolute atomic E-state index is 11.3. The Morgan fingerprint density at radius 2 is 2.29 bits per heavy atom. The Bertz CT molecular complexity index is 342. The van der Waals surface area contributed by atoms with Crippen LogP contribution in [0.3, 0.4) is 0 Å². The van der Waals surface area contributed by atoms with E-state index < -0.39 is 0 Å². The van der Waals surface area contributed by atoms with Gasteiger partial charge in [-0.15, -0.1) is 0 Å². The zero-order valence-corrected chi connectivity index (χ0v) is 9.17. The van der Waals surface area contributed by atoms with E-state index in [1.807, 2.05) is 0 Å². The van der Waals surface area contributed by atoms with Crippen LogP contribution in [0.4, 0.5) is 0 Å². The molecular formula is C9H9BrO4. The first kappa shape index (κ1) is 11.0. The lowest BCUT2D eigenvalue weighted by molar-refractivity contribution is -0.142. The quantitative estimate of drug-likeness (QED) is 0.472. The molecule has 0 N–H and O–H groups in total. The van der Waals surface area contributed by atoms with Gasteiger partial charge < -0.3 is 9.15 Å². The predicted molar refractivity (Wildman–Crippen MR) is 52.3 cm³/mol. The first-order valence-corrected chi connectivity index (χ1v) is 5.06. The van der Waals surface area contributed by atoms with Crippen molar-refractivity contribution in [2.75, 3.05) is 5.33 Å². The van der Waals surface area contributed by atoms with Crippen LogP contribution in [0, 0.1) is 0 Å². The summed E-state index contributed by atoms with van der Waals surface area (Å²) in [5.74, 6) is -0.316. The van der Waals surface area contributed by atoms with E-state index in [0.29, 0.717) is 5.56 Å². The van der Waals surface area contributed by atoms with Gasteiger partial charge in [0.15, 0.2) is 5.76 Å². The predicted octanol–water partition coefficient (Wildman–Crippen LogP) is 1.92. The number of carbonyl (C=O) groups is 2. The highest BCUT2D eigenvalue weighted by Gasteiger charge is 2.14. The molecule has 0 aromatic carbocycles. The number of ketones is 1. The third kappa shape index (κ3) is 2.70. The summed E-state index contributed by atoms with van der Waals surface area (Å²) in [6.45, 7) is 1.38. The maximum atomic E-state index is 11.3. The highest BCUT2D eigenvalue weighted by atomic mass is 79.9. The second-order valence-corrected chi connectivity index (χ2v) is 3.17. The van der Waals surface area contributed by atoms with Gasteiger partial charge in [0.1, 0.15) is 6.61 Å². The summed E-state index contributed by atoms with van der Waals surface area (Å²) >= 11 is 3.03. The molecule has 0 aliphatic carbocycles. The molecule has 1 aromatic heterocycles. The second kappa shape index (κ2) is 4.95. The molecule has 0 amide bonds. The SMILES string of the molecule is CC(=O)OCc1ccoc1C(=O)CBr. The van der Waals surface area contributed by atoms with Crippen LogP contribution in [0.2, 0.25) is 0 Å². The average molecular weight is 261 g/mol. The van der Waals surface area contributed by atoms with Gasteiger partial charge in [-0.3, -0.25) is 9.59 Å². The molecular weight excluding hydrogens is 252 g/mol. The van der Waals surface area contributed by atoms with Crippen LogP contribution in [0.1, 0.15) is 23.0 Å². The van der Waals surface area contributed by atoms with Crippen molar-refractivity contribution in [3.63, 3.8) is 0 Å². The first-order chi connectivity index (χ1) is 6.65. The van der Waals surface area contributed by atoms with Crippen molar-refractivity contribution in [2.24, 2.45) is 0 Å². The molecule has 0 radical (unpaired) electrons. The Labute approximate surface area is 89.4 Å². The Morgan fingerprint density at radius 1 is 1.57 bits per heavy atom. The van der Waals surface area contributed by atoms with Gasteiger partial charge in [-0.25, -0.2) is 0 Å². The number of Topliss-reactive ketones (excluding diaryl/α,β-unsaturated/α-hetero) is 1. The second-order valence-electron chi connectivity index (χ2n) is 2.61. The Morgan fingerprint density at radius 3 is 2.86 bits per heavy atom. The van der Waals surface area contributed by atoms with E-state index in [2.05, 4.69) is 15.9 Å². The number of rotatable bonds is 4. The minimum absolute atomic E-state index is 0.0694. The van der Waals surface area contributed by atoms with Gasteiger partial charge in [0.05, 0.1) is 11.6 Å². The smallest absolute Gasteiger partial charge is 0.302 e. The molecule has 0 spiro atoms. The summed E-state index contributed by atoms with van der Waals surface area (Å²) in [4.78, 5) is 21.8. The average Bonchev–Trinajstić information content (AvgIpc) is 2.61. The number of hydrogen-bond acceptors (Lipinski definition) is 4. The zero-order chi connectivity index (χ0) is 10.6. The van der Waals surface area contributed by atoms with Crippen LogP contribution >= 0.6 is 15.9 Å². The van der Waals surface area contributed by atoms with Crippen LogP contribution < -0.4 is 0 Å². The molecule has 1 heterocycles. The number of ether oxygens (including phenoxy) is 1. The summed E-state index contributed by atoms with van der Waals surface area (Å²) in [5.41, 5.74) is 0.588. The Hall–Kier alpha value is -1.10. The summed E-state index contributed by atoms with van der Waals surface area (Å²) in [6.07, 6.45) is 1.40. The number of carbonyl (C=O) groups excluding carboxylic acids is 2. The van der Waals surface area contributed by atoms with Gasteiger partial charge in [-0.1, -0.05) is 15.9 Å². The topological polar surface area (TPSA) is 56.5 Å². The normalized spacial score (nSPS) is 9.86. The van der Waals surface area contributed by atoms with Crippen molar-refractivity contribution in [1.29, 1.82) is 0 Å². The van der Waals surface area contributed by atoms with E-state index in [9.17, 15) is 9.59 Å². The van der Waals surface area contributed by atoms with Crippen molar-refractivity contribution in [3.8, 4) is 0 Å². The monoisotopic (exact) mass is 260 g/mol. The highest BCUT2D eigenvalue weighted by molar-refractivity contribution is 9.09. The number of alkyl halides is 1. The molecule has 14 heavy (non-hydrogen) atoms. The van der Waals surface area contributed by atoms with Crippen LogP contribution in [-0.2, 0) is 16.1 Å². The minimum atomic E-state index is -0.386. The van der Waals surface area contributed by atoms with Crippen molar-refractivity contribution < 1.29 is 18.7 Å². The first-order valence-electron chi connectivity index (χ1n) is 3.94. The molecule has 0 atom stereocenters. The van der Waals surface area contributed by atoms with Gasteiger partial charge in [0, 0.05) is 12.5 Å². The van der Waals surface area contributed by atoms with Crippen LogP contribution in [0.5, 0.6) is 0 Å². The molecule has 0 aliphatic rings. The molecule has 0 aliphatic heterocycles. The summed E-state index contributed by atoms with van der Waals surface area (Å²) < 4.78 is 9.73. The van der Waals surface area contributed by atoms with E-state index in [1.54, 1.807) is 6.07 Å². The van der Waals surface area contributed by atoms with Gasteiger partial charge in [-0.05, 0) is 6.07 Å². The summed E-state index contributed by atoms with van der Waals surface area (Å²) in [6, 6.07) is 1.61.